The third kappa shape index (κ3) is 4.70. The van der Waals surface area contributed by atoms with Crippen molar-refractivity contribution in [2.75, 3.05) is 23.4 Å². The Morgan fingerprint density at radius 2 is 2.00 bits per heavy atom. The second-order valence-electron chi connectivity index (χ2n) is 8.95. The molecule has 9 nitrogen and oxygen atoms in total. The fourth-order valence-electron chi connectivity index (χ4n) is 4.79. The Morgan fingerprint density at radius 3 is 2.83 bits per heavy atom. The smallest absolute Gasteiger partial charge is 0.254 e. The molecule has 35 heavy (non-hydrogen) atoms. The molecule has 0 unspecified atom stereocenters. The number of fused-ring (bicyclic) bond motifs is 2. The number of hydrogen-bond acceptors (Lipinski definition) is 9. The summed E-state index contributed by atoms with van der Waals surface area (Å²) in [7, 11) is 0. The van der Waals surface area contributed by atoms with Crippen molar-refractivity contribution in [1.82, 2.24) is 29.8 Å². The Morgan fingerprint density at radius 1 is 1.17 bits per heavy atom. The molecule has 4 aromatic rings. The monoisotopic (exact) mass is 506 g/mol. The highest BCUT2D eigenvalue weighted by atomic mass is 32.2. The average Bonchev–Trinajstić information content (AvgIpc) is 3.62. The van der Waals surface area contributed by atoms with Gasteiger partial charge in [0.05, 0.1) is 34.5 Å². The predicted octanol–water partition coefficient (Wildman–Crippen LogP) is 4.17. The Bertz CT molecular complexity index is 1350. The number of amides is 1. The van der Waals surface area contributed by atoms with Crippen molar-refractivity contribution >= 4 is 50.3 Å². The maximum Gasteiger partial charge on any atom is 0.254 e. The standard InChI is InChI=1S/C24H26N8OS2/c1-34-17-10-25-23(26-11-17)29-15-3-4-16(9-15)30-24-31-19-8-14(2-5-21(19)35-24)22(33)32-7-6-18-20(12-32)28-13-27-18/h2,5,8,10-11,13,15-16H,3-4,6-7,9,12H2,1H3,(H,27,28)(H,30,31)(H,25,26,29)/t15-,16-/m0/s1. The number of carbonyl (C=O) groups excluding carboxylic acids is 1. The van der Waals surface area contributed by atoms with Crippen molar-refractivity contribution in [3.05, 3.63) is 53.9 Å². The largest absolute Gasteiger partial charge is 0.359 e. The van der Waals surface area contributed by atoms with Crippen LogP contribution in [0, 0.1) is 0 Å². The third-order valence-electron chi connectivity index (χ3n) is 6.65. The quantitative estimate of drug-likeness (QED) is 0.334. The third-order valence-corrected chi connectivity index (χ3v) is 8.30. The molecule has 0 radical (unpaired) electrons. The van der Waals surface area contributed by atoms with Gasteiger partial charge in [0.1, 0.15) is 0 Å². The molecule has 1 aliphatic heterocycles. The normalized spacial score (nSPS) is 19.6. The number of anilines is 2. The van der Waals surface area contributed by atoms with E-state index in [2.05, 4.69) is 30.6 Å². The van der Waals surface area contributed by atoms with E-state index in [1.807, 2.05) is 41.7 Å². The molecule has 1 amide bonds. The second kappa shape index (κ2) is 9.46. The first-order valence-corrected chi connectivity index (χ1v) is 13.8. The van der Waals surface area contributed by atoms with E-state index in [-0.39, 0.29) is 5.91 Å². The summed E-state index contributed by atoms with van der Waals surface area (Å²) in [6.07, 6.45) is 11.3. The van der Waals surface area contributed by atoms with E-state index < -0.39 is 0 Å². The van der Waals surface area contributed by atoms with Gasteiger partial charge in [0.25, 0.3) is 5.91 Å². The van der Waals surface area contributed by atoms with Crippen molar-refractivity contribution in [2.24, 2.45) is 0 Å². The highest BCUT2D eigenvalue weighted by Gasteiger charge is 2.27. The zero-order valence-electron chi connectivity index (χ0n) is 19.3. The molecule has 6 rings (SSSR count). The molecule has 0 saturated heterocycles. The molecule has 1 fully saturated rings. The van der Waals surface area contributed by atoms with Gasteiger partial charge in [-0.15, -0.1) is 11.8 Å². The van der Waals surface area contributed by atoms with Crippen LogP contribution in [0.1, 0.15) is 41.0 Å². The number of carbonyl (C=O) groups is 1. The van der Waals surface area contributed by atoms with E-state index in [0.717, 1.165) is 57.3 Å². The van der Waals surface area contributed by atoms with Crippen LogP contribution in [0.4, 0.5) is 11.1 Å². The summed E-state index contributed by atoms with van der Waals surface area (Å²) in [6, 6.07) is 6.51. The van der Waals surface area contributed by atoms with Crippen molar-refractivity contribution in [1.29, 1.82) is 0 Å². The van der Waals surface area contributed by atoms with Crippen LogP contribution in [-0.2, 0) is 13.0 Å². The Hall–Kier alpha value is -3.18. The number of thiazole rings is 1. The van der Waals surface area contributed by atoms with Crippen molar-refractivity contribution in [3.8, 4) is 0 Å². The van der Waals surface area contributed by atoms with Gasteiger partial charge < -0.3 is 20.5 Å². The number of hydrogen-bond donors (Lipinski definition) is 3. The first-order chi connectivity index (χ1) is 17.1. The molecule has 3 aromatic heterocycles. The molecule has 2 atom stereocenters. The molecular formula is C24H26N8OS2. The topological polar surface area (TPSA) is 112 Å². The van der Waals surface area contributed by atoms with Gasteiger partial charge >= 0.3 is 0 Å². The van der Waals surface area contributed by atoms with Gasteiger partial charge in [-0.1, -0.05) is 11.3 Å². The van der Waals surface area contributed by atoms with E-state index in [1.54, 1.807) is 29.4 Å². The molecular weight excluding hydrogens is 480 g/mol. The van der Waals surface area contributed by atoms with Crippen LogP contribution in [0.15, 0.2) is 41.8 Å². The summed E-state index contributed by atoms with van der Waals surface area (Å²) in [5.74, 6) is 0.718. The lowest BCUT2D eigenvalue weighted by molar-refractivity contribution is 0.0732. The van der Waals surface area contributed by atoms with E-state index in [9.17, 15) is 4.79 Å². The van der Waals surface area contributed by atoms with Gasteiger partial charge in [-0.25, -0.2) is 19.9 Å². The van der Waals surface area contributed by atoms with Gasteiger partial charge in [0.15, 0.2) is 5.13 Å². The predicted molar refractivity (Wildman–Crippen MR) is 139 cm³/mol. The number of nitrogens with one attached hydrogen (secondary N) is 3. The van der Waals surface area contributed by atoms with Crippen molar-refractivity contribution in [3.63, 3.8) is 0 Å². The maximum atomic E-state index is 13.1. The first-order valence-electron chi connectivity index (χ1n) is 11.7. The minimum atomic E-state index is 0.0344. The number of aromatic nitrogens is 5. The maximum absolute atomic E-state index is 13.1. The molecule has 2 aliphatic rings. The van der Waals surface area contributed by atoms with E-state index in [1.165, 1.54) is 0 Å². The zero-order valence-corrected chi connectivity index (χ0v) is 21.0. The zero-order chi connectivity index (χ0) is 23.8. The van der Waals surface area contributed by atoms with Gasteiger partial charge in [-0.2, -0.15) is 0 Å². The second-order valence-corrected chi connectivity index (χ2v) is 10.9. The molecule has 0 spiro atoms. The van der Waals surface area contributed by atoms with Gasteiger partial charge in [0, 0.05) is 47.9 Å². The number of imidazole rings is 1. The first kappa shape index (κ1) is 22.3. The van der Waals surface area contributed by atoms with Crippen LogP contribution in [0.3, 0.4) is 0 Å². The lowest BCUT2D eigenvalue weighted by Crippen LogP contribution is -2.36. The highest BCUT2D eigenvalue weighted by Crippen LogP contribution is 2.31. The molecule has 1 saturated carbocycles. The molecule has 180 valence electrons. The molecule has 0 bridgehead atoms. The number of H-pyrrole nitrogens is 1. The highest BCUT2D eigenvalue weighted by molar-refractivity contribution is 7.98. The van der Waals surface area contributed by atoms with Crippen LogP contribution in [0.25, 0.3) is 10.2 Å². The number of benzene rings is 1. The minimum absolute atomic E-state index is 0.0344. The molecule has 11 heteroatoms. The summed E-state index contributed by atoms with van der Waals surface area (Å²) in [4.78, 5) is 37.1. The van der Waals surface area contributed by atoms with Crippen LogP contribution in [0.5, 0.6) is 0 Å². The molecule has 1 aromatic carbocycles. The van der Waals surface area contributed by atoms with Crippen LogP contribution in [-0.4, -0.2) is 60.6 Å². The van der Waals surface area contributed by atoms with Crippen LogP contribution >= 0.6 is 23.1 Å². The van der Waals surface area contributed by atoms with Gasteiger partial charge in [-0.05, 0) is 43.7 Å². The summed E-state index contributed by atoms with van der Waals surface area (Å²) in [6.45, 7) is 1.25. The van der Waals surface area contributed by atoms with Gasteiger partial charge in [0.2, 0.25) is 5.95 Å². The summed E-state index contributed by atoms with van der Waals surface area (Å²) < 4.78 is 1.08. The Labute approximate surface area is 211 Å². The Balaban J connectivity index is 1.09. The van der Waals surface area contributed by atoms with Crippen molar-refractivity contribution in [2.45, 2.75) is 49.2 Å². The van der Waals surface area contributed by atoms with Crippen LogP contribution < -0.4 is 10.6 Å². The lowest BCUT2D eigenvalue weighted by atomic mass is 10.1. The fourth-order valence-corrected chi connectivity index (χ4v) is 6.03. The number of thioether (sulfide) groups is 1. The lowest BCUT2D eigenvalue weighted by Gasteiger charge is -2.26. The SMILES string of the molecule is CSc1cnc(N[C@H]2CC[C@H](Nc3nc4cc(C(=O)N5CCc6nc[nH]c6C5)ccc4s3)C2)nc1. The van der Waals surface area contributed by atoms with E-state index >= 15 is 0 Å². The molecule has 3 N–H and O–H groups in total. The number of rotatable bonds is 6. The number of nitrogens with zero attached hydrogens (tertiary/aromatic N) is 5. The molecule has 1 aliphatic carbocycles. The molecule has 4 heterocycles. The summed E-state index contributed by atoms with van der Waals surface area (Å²) >= 11 is 3.27. The Kier molecular flexibility index (Phi) is 6.03. The fraction of sp³-hybridized carbons (Fsp3) is 0.375. The van der Waals surface area contributed by atoms with Crippen LogP contribution in [0.2, 0.25) is 0 Å². The number of aromatic amines is 1. The van der Waals surface area contributed by atoms with Gasteiger partial charge in [-0.3, -0.25) is 4.79 Å². The summed E-state index contributed by atoms with van der Waals surface area (Å²) in [5.41, 5.74) is 3.62. The van der Waals surface area contributed by atoms with E-state index in [0.29, 0.717) is 36.7 Å². The van der Waals surface area contributed by atoms with Crippen molar-refractivity contribution < 1.29 is 4.79 Å². The minimum Gasteiger partial charge on any atom is -0.359 e. The average molecular weight is 507 g/mol. The van der Waals surface area contributed by atoms with E-state index in [4.69, 9.17) is 4.98 Å². The summed E-state index contributed by atoms with van der Waals surface area (Å²) in [5, 5.41) is 7.95.